The van der Waals surface area contributed by atoms with Gasteiger partial charge in [-0.25, -0.2) is 10.2 Å². The van der Waals surface area contributed by atoms with Gasteiger partial charge in [-0.15, -0.1) is 0 Å². The number of hydrogen-bond donors (Lipinski definition) is 2. The zero-order chi connectivity index (χ0) is 14.5. The zero-order valence-corrected chi connectivity index (χ0v) is 13.1. The third-order valence-electron chi connectivity index (χ3n) is 2.11. The van der Waals surface area contributed by atoms with Crippen molar-refractivity contribution in [2.75, 3.05) is 7.11 Å². The lowest BCUT2D eigenvalue weighted by atomic mass is 10.2. The van der Waals surface area contributed by atoms with E-state index in [1.54, 1.807) is 7.11 Å². The average Bonchev–Trinajstić information content (AvgIpc) is 2.27. The van der Waals surface area contributed by atoms with Crippen LogP contribution in [0.1, 0.15) is 26.3 Å². The minimum Gasteiger partial charge on any atom is -0.496 e. The van der Waals surface area contributed by atoms with E-state index in [4.69, 9.17) is 9.47 Å². The molecular weight excluding hydrogens is 312 g/mol. The first kappa shape index (κ1) is 15.8. The van der Waals surface area contributed by atoms with Crippen LogP contribution in [0.5, 0.6) is 5.75 Å². The number of rotatable bonds is 4. The van der Waals surface area contributed by atoms with E-state index in [0.717, 1.165) is 15.8 Å². The topological polar surface area (TPSA) is 59.6 Å². The van der Waals surface area contributed by atoms with Crippen LogP contribution >= 0.6 is 15.9 Å². The Morgan fingerprint density at radius 3 is 2.63 bits per heavy atom. The fourth-order valence-corrected chi connectivity index (χ4v) is 1.81. The Morgan fingerprint density at radius 1 is 1.37 bits per heavy atom. The number of amides is 1. The van der Waals surface area contributed by atoms with E-state index >= 15 is 0 Å². The van der Waals surface area contributed by atoms with E-state index in [0.29, 0.717) is 6.54 Å². The van der Waals surface area contributed by atoms with Crippen molar-refractivity contribution in [3.05, 3.63) is 28.2 Å². The fraction of sp³-hybridized carbons (Fsp3) is 0.462. The maximum absolute atomic E-state index is 11.4. The van der Waals surface area contributed by atoms with Crippen molar-refractivity contribution in [1.82, 2.24) is 10.9 Å². The second-order valence-corrected chi connectivity index (χ2v) is 5.85. The quantitative estimate of drug-likeness (QED) is 0.833. The van der Waals surface area contributed by atoms with Crippen LogP contribution in [-0.4, -0.2) is 18.8 Å². The first-order valence-corrected chi connectivity index (χ1v) is 6.65. The number of halogens is 1. The SMILES string of the molecule is COc1ccc(Br)cc1CNNC(=O)OC(C)(C)C. The van der Waals surface area contributed by atoms with Crippen LogP contribution in [-0.2, 0) is 11.3 Å². The molecule has 19 heavy (non-hydrogen) atoms. The predicted octanol–water partition coefficient (Wildman–Crippen LogP) is 2.99. The molecule has 0 spiro atoms. The standard InChI is InChI=1S/C13H19BrN2O3/c1-13(2,3)19-12(17)16-15-8-9-7-10(14)5-6-11(9)18-4/h5-7,15H,8H2,1-4H3,(H,16,17). The first-order valence-electron chi connectivity index (χ1n) is 5.86. The van der Waals surface area contributed by atoms with E-state index in [1.807, 2.05) is 39.0 Å². The molecule has 0 aliphatic carbocycles. The molecule has 2 N–H and O–H groups in total. The molecular formula is C13H19BrN2O3. The van der Waals surface area contributed by atoms with Crippen molar-refractivity contribution >= 4 is 22.0 Å². The molecule has 0 heterocycles. The van der Waals surface area contributed by atoms with Gasteiger partial charge < -0.3 is 9.47 Å². The summed E-state index contributed by atoms with van der Waals surface area (Å²) in [5.41, 5.74) is 5.69. The van der Waals surface area contributed by atoms with Gasteiger partial charge in [-0.2, -0.15) is 0 Å². The van der Waals surface area contributed by atoms with Gasteiger partial charge in [0.1, 0.15) is 11.4 Å². The minimum absolute atomic E-state index is 0.432. The molecule has 1 amide bonds. The van der Waals surface area contributed by atoms with Crippen LogP contribution in [0.4, 0.5) is 4.79 Å². The maximum atomic E-state index is 11.4. The number of hydrogen-bond acceptors (Lipinski definition) is 4. The molecule has 5 nitrogen and oxygen atoms in total. The van der Waals surface area contributed by atoms with Crippen molar-refractivity contribution < 1.29 is 14.3 Å². The summed E-state index contributed by atoms with van der Waals surface area (Å²) in [7, 11) is 1.61. The van der Waals surface area contributed by atoms with Gasteiger partial charge in [0.25, 0.3) is 0 Å². The largest absolute Gasteiger partial charge is 0.496 e. The summed E-state index contributed by atoms with van der Waals surface area (Å²) >= 11 is 3.39. The van der Waals surface area contributed by atoms with Crippen LogP contribution < -0.4 is 15.6 Å². The van der Waals surface area contributed by atoms with Crippen LogP contribution in [0.25, 0.3) is 0 Å². The Bertz CT molecular complexity index is 444. The van der Waals surface area contributed by atoms with Crippen LogP contribution in [0.3, 0.4) is 0 Å². The number of carbonyl (C=O) groups excluding carboxylic acids is 1. The second kappa shape index (κ2) is 6.77. The Hall–Kier alpha value is -1.27. The van der Waals surface area contributed by atoms with Gasteiger partial charge in [-0.1, -0.05) is 15.9 Å². The van der Waals surface area contributed by atoms with Gasteiger partial charge in [0.05, 0.1) is 7.11 Å². The average molecular weight is 331 g/mol. The van der Waals surface area contributed by atoms with Gasteiger partial charge in [-0.05, 0) is 39.0 Å². The molecule has 0 unspecified atom stereocenters. The van der Waals surface area contributed by atoms with Gasteiger partial charge >= 0.3 is 6.09 Å². The molecule has 0 saturated heterocycles. The van der Waals surface area contributed by atoms with Gasteiger partial charge in [0, 0.05) is 16.6 Å². The first-order chi connectivity index (χ1) is 8.81. The van der Waals surface area contributed by atoms with Crippen molar-refractivity contribution in [3.8, 4) is 5.75 Å². The number of ether oxygens (including phenoxy) is 2. The van der Waals surface area contributed by atoms with Crippen molar-refractivity contribution in [2.45, 2.75) is 32.9 Å². The second-order valence-electron chi connectivity index (χ2n) is 4.94. The summed E-state index contributed by atoms with van der Waals surface area (Å²) < 4.78 is 11.3. The summed E-state index contributed by atoms with van der Waals surface area (Å²) in [6, 6.07) is 5.67. The molecule has 1 rings (SSSR count). The van der Waals surface area contributed by atoms with E-state index < -0.39 is 11.7 Å². The van der Waals surface area contributed by atoms with Crippen molar-refractivity contribution in [3.63, 3.8) is 0 Å². The molecule has 0 aliphatic heterocycles. The molecule has 0 radical (unpaired) electrons. The lowest BCUT2D eigenvalue weighted by Crippen LogP contribution is -2.40. The van der Waals surface area contributed by atoms with Crippen LogP contribution in [0.15, 0.2) is 22.7 Å². The lowest BCUT2D eigenvalue weighted by Gasteiger charge is -2.20. The molecule has 0 atom stereocenters. The van der Waals surface area contributed by atoms with Crippen LogP contribution in [0.2, 0.25) is 0 Å². The molecule has 0 bridgehead atoms. The monoisotopic (exact) mass is 330 g/mol. The molecule has 0 fully saturated rings. The summed E-state index contributed by atoms with van der Waals surface area (Å²) in [4.78, 5) is 11.4. The minimum atomic E-state index is -0.515. The van der Waals surface area contributed by atoms with Crippen molar-refractivity contribution in [2.24, 2.45) is 0 Å². The third kappa shape index (κ3) is 5.94. The highest BCUT2D eigenvalue weighted by molar-refractivity contribution is 9.10. The smallest absolute Gasteiger partial charge is 0.422 e. The molecule has 1 aromatic carbocycles. The van der Waals surface area contributed by atoms with Gasteiger partial charge in [0.15, 0.2) is 0 Å². The normalized spacial score (nSPS) is 11.0. The zero-order valence-electron chi connectivity index (χ0n) is 11.5. The Morgan fingerprint density at radius 2 is 2.05 bits per heavy atom. The van der Waals surface area contributed by atoms with Crippen LogP contribution in [0, 0.1) is 0 Å². The molecule has 106 valence electrons. The summed E-state index contributed by atoms with van der Waals surface area (Å²) in [6.45, 7) is 5.86. The highest BCUT2D eigenvalue weighted by Crippen LogP contribution is 2.22. The Balaban J connectivity index is 2.49. The van der Waals surface area contributed by atoms with E-state index in [9.17, 15) is 4.79 Å². The highest BCUT2D eigenvalue weighted by atomic mass is 79.9. The van der Waals surface area contributed by atoms with E-state index in [-0.39, 0.29) is 0 Å². The summed E-state index contributed by atoms with van der Waals surface area (Å²) in [6.07, 6.45) is -0.513. The fourth-order valence-electron chi connectivity index (χ4n) is 1.40. The van der Waals surface area contributed by atoms with Crippen molar-refractivity contribution in [1.29, 1.82) is 0 Å². The number of benzene rings is 1. The molecule has 0 aromatic heterocycles. The van der Waals surface area contributed by atoms with Gasteiger partial charge in [-0.3, -0.25) is 5.43 Å². The third-order valence-corrected chi connectivity index (χ3v) is 2.60. The molecule has 6 heteroatoms. The van der Waals surface area contributed by atoms with E-state index in [1.165, 1.54) is 0 Å². The number of hydrazine groups is 1. The molecule has 0 saturated carbocycles. The van der Waals surface area contributed by atoms with Gasteiger partial charge in [0.2, 0.25) is 0 Å². The predicted molar refractivity (Wildman–Crippen MR) is 76.9 cm³/mol. The lowest BCUT2D eigenvalue weighted by molar-refractivity contribution is 0.0497. The number of methoxy groups -OCH3 is 1. The Kier molecular flexibility index (Phi) is 5.62. The van der Waals surface area contributed by atoms with E-state index in [2.05, 4.69) is 26.8 Å². The number of nitrogens with one attached hydrogen (secondary N) is 2. The highest BCUT2D eigenvalue weighted by Gasteiger charge is 2.15. The molecule has 1 aromatic rings. The summed E-state index contributed by atoms with van der Waals surface area (Å²) in [5.74, 6) is 0.752. The maximum Gasteiger partial charge on any atom is 0.422 e. The number of carbonyl (C=O) groups is 1. The Labute approximate surface area is 121 Å². The summed E-state index contributed by atoms with van der Waals surface area (Å²) in [5, 5.41) is 0. The molecule has 0 aliphatic rings.